The lowest BCUT2D eigenvalue weighted by atomic mass is 10.0. The minimum absolute atomic E-state index is 0.181. The molecule has 142 valence electrons. The predicted molar refractivity (Wildman–Crippen MR) is 93.7 cm³/mol. The van der Waals surface area contributed by atoms with E-state index < -0.39 is 11.7 Å². The van der Waals surface area contributed by atoms with Gasteiger partial charge in [-0.05, 0) is 47.5 Å². The van der Waals surface area contributed by atoms with E-state index in [-0.39, 0.29) is 11.7 Å². The lowest BCUT2D eigenvalue weighted by Gasteiger charge is -2.39. The highest BCUT2D eigenvalue weighted by Gasteiger charge is 2.35. The molecule has 0 aliphatic carbocycles. The first-order chi connectivity index (χ1) is 12.9. The molecule has 0 atom stereocenters. The summed E-state index contributed by atoms with van der Waals surface area (Å²) in [4.78, 5) is 3.85. The van der Waals surface area contributed by atoms with E-state index >= 15 is 0 Å². The van der Waals surface area contributed by atoms with E-state index in [0.29, 0.717) is 18.7 Å². The molecular weight excluding hydrogens is 359 g/mol. The number of anilines is 2. The zero-order valence-electron chi connectivity index (χ0n) is 14.6. The average molecular weight is 377 g/mol. The summed E-state index contributed by atoms with van der Waals surface area (Å²) >= 11 is 0. The molecule has 0 N–H and O–H groups in total. The molecule has 7 nitrogen and oxygen atoms in total. The lowest BCUT2D eigenvalue weighted by Crippen LogP contribution is -2.44. The van der Waals surface area contributed by atoms with Crippen LogP contribution < -0.4 is 9.80 Å². The molecular formula is C17H18F3N7. The van der Waals surface area contributed by atoms with Crippen LogP contribution in [-0.2, 0) is 6.18 Å². The first-order valence-electron chi connectivity index (χ1n) is 8.63. The third kappa shape index (κ3) is 3.38. The monoisotopic (exact) mass is 377 g/mol. The molecule has 0 bridgehead atoms. The highest BCUT2D eigenvalue weighted by atomic mass is 19.4. The van der Waals surface area contributed by atoms with Gasteiger partial charge in [-0.2, -0.15) is 13.2 Å². The minimum atomic E-state index is -4.35. The zero-order chi connectivity index (χ0) is 19.0. The summed E-state index contributed by atoms with van der Waals surface area (Å²) in [5.74, 6) is 0.726. The summed E-state index contributed by atoms with van der Waals surface area (Å²) in [5.41, 5.74) is 0.229. The predicted octanol–water partition coefficient (Wildman–Crippen LogP) is 2.64. The van der Waals surface area contributed by atoms with Crippen LogP contribution in [0, 0.1) is 0 Å². The molecule has 1 aliphatic rings. The Bertz CT molecular complexity index is 931. The largest absolute Gasteiger partial charge is 0.418 e. The molecule has 3 heterocycles. The van der Waals surface area contributed by atoms with Crippen molar-refractivity contribution in [2.24, 2.45) is 0 Å². The number of tetrazole rings is 1. The van der Waals surface area contributed by atoms with Crippen LogP contribution in [0.25, 0.3) is 5.65 Å². The van der Waals surface area contributed by atoms with Gasteiger partial charge in [0.2, 0.25) is 0 Å². The lowest BCUT2D eigenvalue weighted by molar-refractivity contribution is -0.137. The van der Waals surface area contributed by atoms with Crippen LogP contribution in [0.4, 0.5) is 24.7 Å². The van der Waals surface area contributed by atoms with Crippen LogP contribution in [0.2, 0.25) is 0 Å². The fourth-order valence-corrected chi connectivity index (χ4v) is 3.50. The van der Waals surface area contributed by atoms with Gasteiger partial charge in [0.1, 0.15) is 0 Å². The Morgan fingerprint density at radius 1 is 1.07 bits per heavy atom. The number of hydrogen-bond donors (Lipinski definition) is 0. The molecule has 0 spiro atoms. The Morgan fingerprint density at radius 2 is 1.81 bits per heavy atom. The third-order valence-electron chi connectivity index (χ3n) is 4.98. The number of hydrogen-bond acceptors (Lipinski definition) is 6. The van der Waals surface area contributed by atoms with Gasteiger partial charge in [-0.25, -0.2) is 0 Å². The van der Waals surface area contributed by atoms with E-state index in [1.165, 1.54) is 10.7 Å². The van der Waals surface area contributed by atoms with Crippen LogP contribution >= 0.6 is 0 Å². The van der Waals surface area contributed by atoms with Crippen LogP contribution in [-0.4, -0.2) is 51.4 Å². The molecule has 4 rings (SSSR count). The molecule has 27 heavy (non-hydrogen) atoms. The van der Waals surface area contributed by atoms with Gasteiger partial charge in [0.15, 0.2) is 11.5 Å². The summed E-state index contributed by atoms with van der Waals surface area (Å²) < 4.78 is 41.2. The van der Waals surface area contributed by atoms with Gasteiger partial charge in [-0.15, -0.1) is 14.8 Å². The molecule has 0 unspecified atom stereocenters. The molecule has 1 fully saturated rings. The number of aromatic nitrogens is 5. The summed E-state index contributed by atoms with van der Waals surface area (Å²) in [7, 11) is 1.93. The highest BCUT2D eigenvalue weighted by molar-refractivity contribution is 5.55. The highest BCUT2D eigenvalue weighted by Crippen LogP contribution is 2.37. The van der Waals surface area contributed by atoms with Gasteiger partial charge < -0.3 is 9.80 Å². The Morgan fingerprint density at radius 3 is 2.56 bits per heavy atom. The van der Waals surface area contributed by atoms with Gasteiger partial charge in [0.05, 0.1) is 5.56 Å². The van der Waals surface area contributed by atoms with Crippen molar-refractivity contribution in [2.45, 2.75) is 25.1 Å². The van der Waals surface area contributed by atoms with E-state index in [0.717, 1.165) is 24.7 Å². The van der Waals surface area contributed by atoms with Crippen molar-refractivity contribution < 1.29 is 13.2 Å². The van der Waals surface area contributed by atoms with Crippen LogP contribution in [0.3, 0.4) is 0 Å². The summed E-state index contributed by atoms with van der Waals surface area (Å²) in [6, 6.07) is 9.56. The first kappa shape index (κ1) is 17.5. The normalized spacial score (nSPS) is 16.1. The van der Waals surface area contributed by atoms with Crippen molar-refractivity contribution >= 4 is 17.2 Å². The second-order valence-electron chi connectivity index (χ2n) is 6.56. The number of rotatable bonds is 3. The molecule has 10 heteroatoms. The average Bonchev–Trinajstić information content (AvgIpc) is 3.15. The molecule has 0 saturated carbocycles. The van der Waals surface area contributed by atoms with Crippen LogP contribution in [0.5, 0.6) is 0 Å². The van der Waals surface area contributed by atoms with Crippen molar-refractivity contribution in [2.75, 3.05) is 29.9 Å². The standard InChI is InChI=1S/C17H18F3N7/c1-25(16-7-6-15-21-23-24-27(15)22-16)12-8-10-26(11-9-12)14-5-3-2-4-13(14)17(18,19)20/h2-7,12H,8-11H2,1H3. The maximum Gasteiger partial charge on any atom is 0.418 e. The number of para-hydroxylation sites is 1. The van der Waals surface area contributed by atoms with Gasteiger partial charge in [-0.1, -0.05) is 12.1 Å². The minimum Gasteiger partial charge on any atom is -0.371 e. The van der Waals surface area contributed by atoms with Gasteiger partial charge in [0, 0.05) is 31.9 Å². The fraction of sp³-hybridized carbons (Fsp3) is 0.412. The SMILES string of the molecule is CN(c1ccc2nnnn2n1)C1CCN(c2ccccc2C(F)(F)F)CC1. The molecule has 1 aliphatic heterocycles. The molecule has 1 aromatic carbocycles. The Hall–Kier alpha value is -2.91. The molecule has 3 aromatic rings. The second-order valence-corrected chi connectivity index (χ2v) is 6.56. The summed E-state index contributed by atoms with van der Waals surface area (Å²) in [6.07, 6.45) is -2.88. The zero-order valence-corrected chi connectivity index (χ0v) is 14.6. The van der Waals surface area contributed by atoms with Gasteiger partial charge in [-0.3, -0.25) is 0 Å². The quantitative estimate of drug-likeness (QED) is 0.699. The maximum atomic E-state index is 13.3. The smallest absolute Gasteiger partial charge is 0.371 e. The second kappa shape index (κ2) is 6.67. The van der Waals surface area contributed by atoms with Crippen molar-refractivity contribution in [1.82, 2.24) is 25.3 Å². The summed E-state index contributed by atoms with van der Waals surface area (Å²) in [5, 5.41) is 15.6. The molecule has 1 saturated heterocycles. The Balaban J connectivity index is 1.47. The molecule has 0 radical (unpaired) electrons. The number of piperidine rings is 1. The van der Waals surface area contributed by atoms with Crippen molar-refractivity contribution in [3.8, 4) is 0 Å². The number of nitrogens with zero attached hydrogens (tertiary/aromatic N) is 7. The van der Waals surface area contributed by atoms with Gasteiger partial charge >= 0.3 is 6.18 Å². The number of halogens is 3. The van der Waals surface area contributed by atoms with Gasteiger partial charge in [0.25, 0.3) is 0 Å². The van der Waals surface area contributed by atoms with Crippen molar-refractivity contribution in [3.63, 3.8) is 0 Å². The van der Waals surface area contributed by atoms with E-state index in [9.17, 15) is 13.2 Å². The number of benzene rings is 1. The van der Waals surface area contributed by atoms with E-state index in [2.05, 4.69) is 20.6 Å². The first-order valence-corrected chi connectivity index (χ1v) is 8.63. The van der Waals surface area contributed by atoms with Crippen molar-refractivity contribution in [3.05, 3.63) is 42.0 Å². The van der Waals surface area contributed by atoms with E-state index in [1.807, 2.05) is 22.9 Å². The van der Waals surface area contributed by atoms with Crippen LogP contribution in [0.15, 0.2) is 36.4 Å². The topological polar surface area (TPSA) is 62.5 Å². The Labute approximate surface area is 153 Å². The number of alkyl halides is 3. The van der Waals surface area contributed by atoms with Crippen LogP contribution in [0.1, 0.15) is 18.4 Å². The summed E-state index contributed by atoms with van der Waals surface area (Å²) in [6.45, 7) is 1.10. The Kier molecular flexibility index (Phi) is 4.33. The number of fused-ring (bicyclic) bond motifs is 1. The van der Waals surface area contributed by atoms with Crippen molar-refractivity contribution in [1.29, 1.82) is 0 Å². The molecule has 2 aromatic heterocycles. The molecule has 0 amide bonds. The van der Waals surface area contributed by atoms with E-state index in [4.69, 9.17) is 0 Å². The third-order valence-corrected chi connectivity index (χ3v) is 4.98. The fourth-order valence-electron chi connectivity index (χ4n) is 3.50. The van der Waals surface area contributed by atoms with E-state index in [1.54, 1.807) is 18.2 Å². The maximum absolute atomic E-state index is 13.3.